The number of aryl methyl sites for hydroxylation is 1. The zero-order valence-corrected chi connectivity index (χ0v) is 17.1. The Bertz CT molecular complexity index is 893. The molecule has 1 saturated heterocycles. The van der Waals surface area contributed by atoms with Crippen molar-refractivity contribution >= 4 is 29.1 Å². The van der Waals surface area contributed by atoms with E-state index in [1.54, 1.807) is 11.3 Å². The lowest BCUT2D eigenvalue weighted by atomic mass is 9.87. The summed E-state index contributed by atoms with van der Waals surface area (Å²) in [5.41, 5.74) is 5.72. The minimum Gasteiger partial charge on any atom is -0.364 e. The second-order valence-electron chi connectivity index (χ2n) is 8.01. The van der Waals surface area contributed by atoms with Crippen molar-refractivity contribution in [3.63, 3.8) is 0 Å². The van der Waals surface area contributed by atoms with Crippen LogP contribution >= 0.6 is 11.3 Å². The molecule has 1 aliphatic carbocycles. The Kier molecular flexibility index (Phi) is 5.45. The van der Waals surface area contributed by atoms with Gasteiger partial charge in [0.1, 0.15) is 5.69 Å². The second-order valence-corrected chi connectivity index (χ2v) is 9.04. The molecule has 1 aliphatic heterocycles. The van der Waals surface area contributed by atoms with Crippen LogP contribution in [-0.2, 0) is 11.2 Å². The van der Waals surface area contributed by atoms with Crippen LogP contribution in [0, 0.1) is 5.92 Å². The number of nitrogens with one attached hydrogen (secondary N) is 2. The van der Waals surface area contributed by atoms with Gasteiger partial charge in [-0.2, -0.15) is 0 Å². The SMILES string of the molecule is NC(=O)c1cc(C(=O)NC2(C3CCN(C(=O)CCc4cccs4)CC3)CC2)c[nH]1. The Labute approximate surface area is 173 Å². The van der Waals surface area contributed by atoms with Gasteiger partial charge in [-0.05, 0) is 55.5 Å². The number of carbonyl (C=O) groups excluding carboxylic acids is 3. The monoisotopic (exact) mass is 414 g/mol. The average Bonchev–Trinajstić information content (AvgIpc) is 3.14. The summed E-state index contributed by atoms with van der Waals surface area (Å²) in [6.07, 6.45) is 6.62. The number of aromatic amines is 1. The highest BCUT2D eigenvalue weighted by molar-refractivity contribution is 7.09. The van der Waals surface area contributed by atoms with E-state index in [4.69, 9.17) is 5.73 Å². The molecule has 7 nitrogen and oxygen atoms in total. The minimum absolute atomic E-state index is 0.173. The van der Waals surface area contributed by atoms with Crippen LogP contribution in [0.3, 0.4) is 0 Å². The molecule has 3 amide bonds. The largest absolute Gasteiger partial charge is 0.364 e. The van der Waals surface area contributed by atoms with Crippen LogP contribution in [0.4, 0.5) is 0 Å². The molecule has 2 aromatic rings. The summed E-state index contributed by atoms with van der Waals surface area (Å²) in [6, 6.07) is 5.57. The van der Waals surface area contributed by atoms with E-state index in [-0.39, 0.29) is 23.0 Å². The maximum atomic E-state index is 12.6. The summed E-state index contributed by atoms with van der Waals surface area (Å²) in [6.45, 7) is 1.50. The first kappa shape index (κ1) is 19.7. The lowest BCUT2D eigenvalue weighted by molar-refractivity contribution is -0.132. The summed E-state index contributed by atoms with van der Waals surface area (Å²) in [4.78, 5) is 42.3. The fourth-order valence-electron chi connectivity index (χ4n) is 4.26. The molecule has 0 unspecified atom stereocenters. The normalized spacial score (nSPS) is 18.4. The highest BCUT2D eigenvalue weighted by Crippen LogP contribution is 2.46. The quantitative estimate of drug-likeness (QED) is 0.647. The Balaban J connectivity index is 1.28. The number of H-pyrrole nitrogens is 1. The van der Waals surface area contributed by atoms with E-state index in [9.17, 15) is 14.4 Å². The molecule has 4 rings (SSSR count). The number of carbonyl (C=O) groups is 3. The van der Waals surface area contributed by atoms with Gasteiger partial charge in [-0.25, -0.2) is 0 Å². The van der Waals surface area contributed by atoms with Crippen LogP contribution in [0.25, 0.3) is 0 Å². The number of rotatable bonds is 7. The van der Waals surface area contributed by atoms with Crippen LogP contribution in [0.15, 0.2) is 29.8 Å². The summed E-state index contributed by atoms with van der Waals surface area (Å²) in [5.74, 6) is -0.165. The summed E-state index contributed by atoms with van der Waals surface area (Å²) in [5, 5.41) is 5.22. The Morgan fingerprint density at radius 1 is 1.28 bits per heavy atom. The molecule has 8 heteroatoms. The van der Waals surface area contributed by atoms with E-state index in [2.05, 4.69) is 16.4 Å². The van der Waals surface area contributed by atoms with Gasteiger partial charge >= 0.3 is 0 Å². The highest BCUT2D eigenvalue weighted by Gasteiger charge is 2.51. The number of thiophene rings is 1. The molecule has 0 bridgehead atoms. The van der Waals surface area contributed by atoms with Gasteiger partial charge in [0, 0.05) is 36.1 Å². The third kappa shape index (κ3) is 4.37. The molecule has 0 atom stereocenters. The number of likely N-dealkylation sites (tertiary alicyclic amines) is 1. The number of nitrogens with zero attached hydrogens (tertiary/aromatic N) is 1. The number of amides is 3. The molecular formula is C21H26N4O3S. The number of hydrogen-bond donors (Lipinski definition) is 3. The van der Waals surface area contributed by atoms with E-state index < -0.39 is 5.91 Å². The van der Waals surface area contributed by atoms with Gasteiger partial charge in [-0.15, -0.1) is 11.3 Å². The van der Waals surface area contributed by atoms with Crippen LogP contribution in [0.2, 0.25) is 0 Å². The molecule has 4 N–H and O–H groups in total. The van der Waals surface area contributed by atoms with Crippen molar-refractivity contribution in [2.45, 2.75) is 44.1 Å². The predicted molar refractivity (Wildman–Crippen MR) is 111 cm³/mol. The Hall–Kier alpha value is -2.61. The molecule has 29 heavy (non-hydrogen) atoms. The summed E-state index contributed by atoms with van der Waals surface area (Å²) >= 11 is 1.69. The average molecular weight is 415 g/mol. The zero-order chi connectivity index (χ0) is 20.4. The summed E-state index contributed by atoms with van der Waals surface area (Å²) < 4.78 is 0. The van der Waals surface area contributed by atoms with Gasteiger partial charge < -0.3 is 20.9 Å². The third-order valence-corrected chi connectivity index (χ3v) is 7.09. The van der Waals surface area contributed by atoms with Gasteiger partial charge in [-0.1, -0.05) is 6.07 Å². The van der Waals surface area contributed by atoms with E-state index in [0.29, 0.717) is 17.9 Å². The van der Waals surface area contributed by atoms with Crippen LogP contribution in [0.5, 0.6) is 0 Å². The molecule has 0 radical (unpaired) electrons. The first-order chi connectivity index (χ1) is 14.0. The van der Waals surface area contributed by atoms with Crippen molar-refractivity contribution in [3.05, 3.63) is 45.9 Å². The zero-order valence-electron chi connectivity index (χ0n) is 16.3. The molecule has 0 spiro atoms. The molecule has 2 aliphatic rings. The summed E-state index contributed by atoms with van der Waals surface area (Å²) in [7, 11) is 0. The minimum atomic E-state index is -0.582. The number of piperidine rings is 1. The maximum Gasteiger partial charge on any atom is 0.265 e. The fraction of sp³-hybridized carbons (Fsp3) is 0.476. The third-order valence-electron chi connectivity index (χ3n) is 6.16. The van der Waals surface area contributed by atoms with Crippen molar-refractivity contribution in [2.75, 3.05) is 13.1 Å². The van der Waals surface area contributed by atoms with Crippen molar-refractivity contribution < 1.29 is 14.4 Å². The highest BCUT2D eigenvalue weighted by atomic mass is 32.1. The molecular weight excluding hydrogens is 388 g/mol. The van der Waals surface area contributed by atoms with Crippen LogP contribution < -0.4 is 11.1 Å². The van der Waals surface area contributed by atoms with Crippen LogP contribution in [-0.4, -0.2) is 46.2 Å². The van der Waals surface area contributed by atoms with E-state index in [1.165, 1.54) is 17.1 Å². The van der Waals surface area contributed by atoms with E-state index >= 15 is 0 Å². The number of aromatic nitrogens is 1. The Morgan fingerprint density at radius 3 is 2.62 bits per heavy atom. The fourth-order valence-corrected chi connectivity index (χ4v) is 4.97. The van der Waals surface area contributed by atoms with E-state index in [1.807, 2.05) is 16.3 Å². The van der Waals surface area contributed by atoms with Gasteiger partial charge in [-0.3, -0.25) is 14.4 Å². The van der Waals surface area contributed by atoms with Gasteiger partial charge in [0.25, 0.3) is 11.8 Å². The second kappa shape index (κ2) is 8.02. The first-order valence-electron chi connectivity index (χ1n) is 10.1. The van der Waals surface area contributed by atoms with Crippen molar-refractivity contribution in [1.82, 2.24) is 15.2 Å². The number of nitrogens with two attached hydrogens (primary N) is 1. The molecule has 1 saturated carbocycles. The Morgan fingerprint density at radius 2 is 2.03 bits per heavy atom. The number of primary amides is 1. The molecule has 0 aromatic carbocycles. The standard InChI is InChI=1S/C21H26N4O3S/c22-19(27)17-12-14(13-23-17)20(28)24-21(7-8-21)15-5-9-25(10-6-15)18(26)4-3-16-2-1-11-29-16/h1-2,11-13,15,23H,3-10H2,(H2,22,27)(H,24,28). The molecule has 2 fully saturated rings. The maximum absolute atomic E-state index is 12.6. The van der Waals surface area contributed by atoms with Crippen molar-refractivity contribution in [3.8, 4) is 0 Å². The van der Waals surface area contributed by atoms with Gasteiger partial charge in [0.15, 0.2) is 0 Å². The topological polar surface area (TPSA) is 108 Å². The van der Waals surface area contributed by atoms with Crippen molar-refractivity contribution in [2.24, 2.45) is 11.7 Å². The molecule has 3 heterocycles. The first-order valence-corrected chi connectivity index (χ1v) is 11.0. The van der Waals surface area contributed by atoms with Crippen molar-refractivity contribution in [1.29, 1.82) is 0 Å². The van der Waals surface area contributed by atoms with E-state index in [0.717, 1.165) is 45.2 Å². The lowest BCUT2D eigenvalue weighted by Gasteiger charge is -2.37. The predicted octanol–water partition coefficient (Wildman–Crippen LogP) is 2.31. The molecule has 2 aromatic heterocycles. The lowest BCUT2D eigenvalue weighted by Crippen LogP contribution is -2.48. The smallest absolute Gasteiger partial charge is 0.265 e. The van der Waals surface area contributed by atoms with Gasteiger partial charge in [0.2, 0.25) is 5.91 Å². The molecule has 154 valence electrons. The van der Waals surface area contributed by atoms with Gasteiger partial charge in [0.05, 0.1) is 5.56 Å². The number of hydrogen-bond acceptors (Lipinski definition) is 4. The van der Waals surface area contributed by atoms with Crippen LogP contribution in [0.1, 0.15) is 57.8 Å².